The van der Waals surface area contributed by atoms with Gasteiger partial charge in [0.1, 0.15) is 12.1 Å². The predicted octanol–water partition coefficient (Wildman–Crippen LogP) is 2.00. The van der Waals surface area contributed by atoms with Crippen molar-refractivity contribution in [2.24, 2.45) is 7.05 Å². The quantitative estimate of drug-likeness (QED) is 0.763. The summed E-state index contributed by atoms with van der Waals surface area (Å²) in [7, 11) is 1.88. The Balaban J connectivity index is 1.30. The molecule has 0 atom stereocenters. The van der Waals surface area contributed by atoms with Gasteiger partial charge in [0.25, 0.3) is 5.56 Å². The molecule has 5 rings (SSSR count). The summed E-state index contributed by atoms with van der Waals surface area (Å²) in [5.41, 5.74) is 3.15. The number of aromatic nitrogens is 6. The van der Waals surface area contributed by atoms with E-state index in [2.05, 4.69) is 25.5 Å². The van der Waals surface area contributed by atoms with Crippen LogP contribution in [0.2, 0.25) is 0 Å². The molecule has 0 spiro atoms. The SMILES string of the molecule is Cn1ncc2c(NC3CCC(n4nc5c(cc4=O)CCC5)CC3)ncnc21. The average Bonchev–Trinajstić information content (AvgIpc) is 3.29. The minimum absolute atomic E-state index is 0.0555. The summed E-state index contributed by atoms with van der Waals surface area (Å²) in [5.74, 6) is 0.837. The highest BCUT2D eigenvalue weighted by Gasteiger charge is 2.26. The summed E-state index contributed by atoms with van der Waals surface area (Å²) in [6.07, 6.45) is 10.4. The molecule has 0 aliphatic heterocycles. The highest BCUT2D eigenvalue weighted by atomic mass is 16.1. The lowest BCUT2D eigenvalue weighted by atomic mass is 9.91. The van der Waals surface area contributed by atoms with Crippen LogP contribution >= 0.6 is 0 Å². The fourth-order valence-electron chi connectivity index (χ4n) is 4.41. The third-order valence-corrected chi connectivity index (χ3v) is 5.90. The van der Waals surface area contributed by atoms with Gasteiger partial charge in [-0.2, -0.15) is 10.2 Å². The maximum Gasteiger partial charge on any atom is 0.267 e. The fraction of sp³-hybridized carbons (Fsp3) is 0.526. The number of hydrogen-bond donors (Lipinski definition) is 1. The van der Waals surface area contributed by atoms with Gasteiger partial charge in [0, 0.05) is 19.2 Å². The Morgan fingerprint density at radius 3 is 2.85 bits per heavy atom. The van der Waals surface area contributed by atoms with Gasteiger partial charge in [0.2, 0.25) is 0 Å². The molecule has 1 N–H and O–H groups in total. The van der Waals surface area contributed by atoms with Crippen LogP contribution in [-0.2, 0) is 19.9 Å². The zero-order valence-corrected chi connectivity index (χ0v) is 15.4. The van der Waals surface area contributed by atoms with Crippen LogP contribution in [0.3, 0.4) is 0 Å². The van der Waals surface area contributed by atoms with E-state index in [1.807, 2.05) is 7.05 Å². The number of aryl methyl sites for hydroxylation is 3. The average molecular weight is 365 g/mol. The van der Waals surface area contributed by atoms with E-state index in [0.717, 1.165) is 73.1 Å². The third-order valence-electron chi connectivity index (χ3n) is 5.90. The first-order valence-corrected chi connectivity index (χ1v) is 9.70. The normalized spacial score (nSPS) is 22.1. The molecule has 3 aromatic rings. The Hall–Kier alpha value is -2.77. The Kier molecular flexibility index (Phi) is 3.91. The topological polar surface area (TPSA) is 90.5 Å². The molecule has 0 unspecified atom stereocenters. The van der Waals surface area contributed by atoms with Gasteiger partial charge < -0.3 is 5.32 Å². The fourth-order valence-corrected chi connectivity index (χ4v) is 4.41. The predicted molar refractivity (Wildman–Crippen MR) is 102 cm³/mol. The molecule has 8 nitrogen and oxygen atoms in total. The smallest absolute Gasteiger partial charge is 0.267 e. The Morgan fingerprint density at radius 1 is 1.15 bits per heavy atom. The highest BCUT2D eigenvalue weighted by Crippen LogP contribution is 2.30. The minimum atomic E-state index is 0.0555. The maximum atomic E-state index is 12.5. The maximum absolute atomic E-state index is 12.5. The molecule has 3 heterocycles. The minimum Gasteiger partial charge on any atom is -0.367 e. The molecule has 1 fully saturated rings. The van der Waals surface area contributed by atoms with E-state index >= 15 is 0 Å². The van der Waals surface area contributed by atoms with E-state index in [1.165, 1.54) is 0 Å². The first-order chi connectivity index (χ1) is 13.2. The number of hydrogen-bond acceptors (Lipinski definition) is 6. The third kappa shape index (κ3) is 2.89. The van der Waals surface area contributed by atoms with Crippen molar-refractivity contribution in [3.63, 3.8) is 0 Å². The van der Waals surface area contributed by atoms with Crippen molar-refractivity contribution in [1.82, 2.24) is 29.5 Å². The van der Waals surface area contributed by atoms with Crippen LogP contribution in [-0.4, -0.2) is 35.6 Å². The van der Waals surface area contributed by atoms with Crippen LogP contribution in [0.4, 0.5) is 5.82 Å². The van der Waals surface area contributed by atoms with Crippen molar-refractivity contribution in [3.05, 3.63) is 40.2 Å². The second-order valence-corrected chi connectivity index (χ2v) is 7.63. The molecular formula is C19H23N7O. The molecule has 2 aliphatic carbocycles. The van der Waals surface area contributed by atoms with Crippen LogP contribution in [0.5, 0.6) is 0 Å². The lowest BCUT2D eigenvalue weighted by molar-refractivity contribution is 0.302. The lowest BCUT2D eigenvalue weighted by Crippen LogP contribution is -2.34. The van der Waals surface area contributed by atoms with Gasteiger partial charge in [-0.1, -0.05) is 0 Å². The summed E-state index contributed by atoms with van der Waals surface area (Å²) in [6, 6.07) is 2.34. The summed E-state index contributed by atoms with van der Waals surface area (Å²) in [6.45, 7) is 0. The second kappa shape index (κ2) is 6.44. The standard InChI is InChI=1S/C19H23N7O/c1-25-19-15(10-22-25)18(20-11-21-19)23-13-5-7-14(8-6-13)26-17(27)9-12-3-2-4-16(12)24-26/h9-11,13-14H,2-8H2,1H3,(H,20,21,23). The number of nitrogens with zero attached hydrogens (tertiary/aromatic N) is 6. The lowest BCUT2D eigenvalue weighted by Gasteiger charge is -2.30. The van der Waals surface area contributed by atoms with Crippen LogP contribution in [0.25, 0.3) is 11.0 Å². The number of anilines is 1. The van der Waals surface area contributed by atoms with Crippen molar-refractivity contribution in [2.75, 3.05) is 5.32 Å². The monoisotopic (exact) mass is 365 g/mol. The molecule has 140 valence electrons. The van der Waals surface area contributed by atoms with Gasteiger partial charge in [-0.25, -0.2) is 14.6 Å². The molecule has 0 amide bonds. The molecule has 8 heteroatoms. The Bertz CT molecular complexity index is 1050. The van der Waals surface area contributed by atoms with Crippen LogP contribution in [0, 0.1) is 0 Å². The molecule has 27 heavy (non-hydrogen) atoms. The summed E-state index contributed by atoms with van der Waals surface area (Å²) < 4.78 is 3.50. The Morgan fingerprint density at radius 2 is 2.00 bits per heavy atom. The van der Waals surface area contributed by atoms with Crippen molar-refractivity contribution < 1.29 is 0 Å². The molecule has 3 aromatic heterocycles. The second-order valence-electron chi connectivity index (χ2n) is 7.63. The van der Waals surface area contributed by atoms with Crippen molar-refractivity contribution >= 4 is 16.9 Å². The van der Waals surface area contributed by atoms with E-state index in [0.29, 0.717) is 6.04 Å². The number of rotatable bonds is 3. The van der Waals surface area contributed by atoms with Gasteiger partial charge in [0.15, 0.2) is 5.65 Å². The number of fused-ring (bicyclic) bond motifs is 2. The van der Waals surface area contributed by atoms with Gasteiger partial charge in [-0.05, 0) is 50.5 Å². The van der Waals surface area contributed by atoms with Gasteiger partial charge in [0.05, 0.1) is 23.3 Å². The molecule has 0 saturated heterocycles. The van der Waals surface area contributed by atoms with Gasteiger partial charge >= 0.3 is 0 Å². The molecule has 0 aromatic carbocycles. The van der Waals surface area contributed by atoms with Crippen molar-refractivity contribution in [1.29, 1.82) is 0 Å². The summed E-state index contributed by atoms with van der Waals surface area (Å²) >= 11 is 0. The zero-order valence-electron chi connectivity index (χ0n) is 15.4. The van der Waals surface area contributed by atoms with Gasteiger partial charge in [-0.15, -0.1) is 0 Å². The van der Waals surface area contributed by atoms with Crippen molar-refractivity contribution in [3.8, 4) is 0 Å². The first-order valence-electron chi connectivity index (χ1n) is 9.70. The largest absolute Gasteiger partial charge is 0.367 e. The first kappa shape index (κ1) is 16.4. The van der Waals surface area contributed by atoms with E-state index in [4.69, 9.17) is 0 Å². The van der Waals surface area contributed by atoms with E-state index in [1.54, 1.807) is 28.0 Å². The van der Waals surface area contributed by atoms with Crippen LogP contribution < -0.4 is 10.9 Å². The molecule has 1 saturated carbocycles. The molecule has 0 radical (unpaired) electrons. The molecule has 0 bridgehead atoms. The van der Waals surface area contributed by atoms with E-state index in [-0.39, 0.29) is 11.6 Å². The summed E-state index contributed by atoms with van der Waals surface area (Å²) in [5, 5.41) is 13.4. The number of nitrogens with one attached hydrogen (secondary N) is 1. The van der Waals surface area contributed by atoms with Crippen LogP contribution in [0.1, 0.15) is 49.4 Å². The van der Waals surface area contributed by atoms with E-state index < -0.39 is 0 Å². The molecular weight excluding hydrogens is 342 g/mol. The Labute approximate surface area is 156 Å². The van der Waals surface area contributed by atoms with Crippen LogP contribution in [0.15, 0.2) is 23.4 Å². The highest BCUT2D eigenvalue weighted by molar-refractivity contribution is 5.86. The molecule has 2 aliphatic rings. The van der Waals surface area contributed by atoms with Gasteiger partial charge in [-0.3, -0.25) is 9.48 Å². The van der Waals surface area contributed by atoms with Crippen molar-refractivity contribution in [2.45, 2.75) is 57.0 Å². The summed E-state index contributed by atoms with van der Waals surface area (Å²) in [4.78, 5) is 21.1. The zero-order chi connectivity index (χ0) is 18.4. The van der Waals surface area contributed by atoms with E-state index in [9.17, 15) is 4.79 Å².